The maximum atomic E-state index is 12.2. The molecule has 0 aliphatic carbocycles. The number of benzene rings is 1. The summed E-state index contributed by atoms with van der Waals surface area (Å²) in [6.07, 6.45) is -1.24. The first kappa shape index (κ1) is 17.1. The lowest BCUT2D eigenvalue weighted by Gasteiger charge is -2.21. The van der Waals surface area contributed by atoms with Crippen LogP contribution in [0.5, 0.6) is 0 Å². The topological polar surface area (TPSA) is 82.1 Å². The minimum absolute atomic E-state index is 0.0197. The number of carbonyl (C=O) groups is 3. The molecule has 1 aromatic carbocycles. The van der Waals surface area contributed by atoms with Gasteiger partial charge in [-0.2, -0.15) is 0 Å². The van der Waals surface area contributed by atoms with E-state index < -0.39 is 29.6 Å². The molecule has 1 aliphatic heterocycles. The predicted octanol–water partition coefficient (Wildman–Crippen LogP) is 2.31. The van der Waals surface area contributed by atoms with E-state index in [0.717, 1.165) is 5.56 Å². The largest absolute Gasteiger partial charge is 0.467 e. The van der Waals surface area contributed by atoms with E-state index in [1.165, 1.54) is 12.0 Å². The summed E-state index contributed by atoms with van der Waals surface area (Å²) in [7, 11) is 1.22. The number of esters is 1. The fourth-order valence-corrected chi connectivity index (χ4v) is 2.50. The van der Waals surface area contributed by atoms with Gasteiger partial charge in [-0.25, -0.2) is 14.4 Å². The van der Waals surface area contributed by atoms with Crippen LogP contribution in [0.2, 0.25) is 0 Å². The van der Waals surface area contributed by atoms with Crippen LogP contribution < -0.4 is 0 Å². The molecule has 1 aliphatic rings. The van der Waals surface area contributed by atoms with Crippen LogP contribution in [-0.4, -0.2) is 48.2 Å². The first-order valence-electron chi connectivity index (χ1n) is 6.92. The van der Waals surface area contributed by atoms with E-state index in [2.05, 4.69) is 4.74 Å². The second kappa shape index (κ2) is 7.82. The zero-order valence-corrected chi connectivity index (χ0v) is 13.2. The maximum Gasteiger partial charge on any atom is 0.410 e. The van der Waals surface area contributed by atoms with E-state index in [1.807, 2.05) is 30.3 Å². The van der Waals surface area contributed by atoms with Gasteiger partial charge in [0.25, 0.3) is 0 Å². The number of methoxy groups -OCH3 is 1. The first-order chi connectivity index (χ1) is 11.0. The number of halogens is 1. The molecule has 0 N–H and O–H groups in total. The molecule has 2 rings (SSSR count). The monoisotopic (exact) mass is 341 g/mol. The molecule has 8 heteroatoms. The quantitative estimate of drug-likeness (QED) is 0.475. The molecule has 7 nitrogen and oxygen atoms in total. The molecule has 1 fully saturated rings. The summed E-state index contributed by atoms with van der Waals surface area (Å²) < 4.78 is 14.7. The summed E-state index contributed by atoms with van der Waals surface area (Å²) in [6.45, 7) is 0.0931. The van der Waals surface area contributed by atoms with E-state index in [0.29, 0.717) is 0 Å². The molecule has 1 amide bonds. The molecule has 0 spiro atoms. The minimum Gasteiger partial charge on any atom is -0.467 e. The third kappa shape index (κ3) is 4.59. The molecule has 1 saturated heterocycles. The summed E-state index contributed by atoms with van der Waals surface area (Å²) >= 11 is 5.18. The van der Waals surface area contributed by atoms with Gasteiger partial charge < -0.3 is 14.2 Å². The highest BCUT2D eigenvalue weighted by molar-refractivity contribution is 6.61. The van der Waals surface area contributed by atoms with Crippen molar-refractivity contribution in [1.29, 1.82) is 0 Å². The molecule has 0 radical (unpaired) electrons. The van der Waals surface area contributed by atoms with Gasteiger partial charge in [-0.1, -0.05) is 30.3 Å². The first-order valence-corrected chi connectivity index (χ1v) is 7.30. The number of likely N-dealkylation sites (tertiary alicyclic amines) is 1. The van der Waals surface area contributed by atoms with Gasteiger partial charge in [0, 0.05) is 18.0 Å². The van der Waals surface area contributed by atoms with Gasteiger partial charge in [0.05, 0.1) is 13.7 Å². The average Bonchev–Trinajstić information content (AvgIpc) is 2.96. The number of hydrogen-bond acceptors (Lipinski definition) is 6. The standard InChI is InChI=1S/C15H16ClNO6/c1-21-13(18)12-7-11(23-14(16)19)8-17(12)15(20)22-9-10-5-3-2-4-6-10/h2-6,11-12H,7-9H2,1H3/t11-,12+/m1/s1. The Morgan fingerprint density at radius 1 is 1.26 bits per heavy atom. The van der Waals surface area contributed by atoms with E-state index >= 15 is 0 Å². The Morgan fingerprint density at radius 2 is 1.96 bits per heavy atom. The molecule has 124 valence electrons. The van der Waals surface area contributed by atoms with E-state index in [1.54, 1.807) is 0 Å². The summed E-state index contributed by atoms with van der Waals surface area (Å²) in [5.41, 5.74) is -0.170. The fourth-order valence-electron chi connectivity index (χ4n) is 2.38. The second-order valence-corrected chi connectivity index (χ2v) is 5.25. The average molecular weight is 342 g/mol. The van der Waals surface area contributed by atoms with Gasteiger partial charge in [-0.05, 0) is 5.56 Å². The van der Waals surface area contributed by atoms with Crippen LogP contribution >= 0.6 is 11.6 Å². The Kier molecular flexibility index (Phi) is 5.81. The highest BCUT2D eigenvalue weighted by Crippen LogP contribution is 2.23. The number of nitrogens with zero attached hydrogens (tertiary/aromatic N) is 1. The third-order valence-corrected chi connectivity index (χ3v) is 3.52. The van der Waals surface area contributed by atoms with Gasteiger partial charge >= 0.3 is 17.5 Å². The fraction of sp³-hybridized carbons (Fsp3) is 0.400. The van der Waals surface area contributed by atoms with Crippen LogP contribution in [0, 0.1) is 0 Å². The van der Waals surface area contributed by atoms with Crippen molar-refractivity contribution < 1.29 is 28.6 Å². The van der Waals surface area contributed by atoms with Crippen LogP contribution in [0.15, 0.2) is 30.3 Å². The predicted molar refractivity (Wildman–Crippen MR) is 79.9 cm³/mol. The third-order valence-electron chi connectivity index (χ3n) is 3.43. The smallest absolute Gasteiger partial charge is 0.410 e. The number of carbonyl (C=O) groups excluding carboxylic acids is 3. The van der Waals surface area contributed by atoms with Gasteiger partial charge in [0.2, 0.25) is 0 Å². The van der Waals surface area contributed by atoms with Gasteiger partial charge in [-0.3, -0.25) is 4.90 Å². The van der Waals surface area contributed by atoms with Gasteiger partial charge in [0.15, 0.2) is 0 Å². The Bertz CT molecular complexity index is 579. The van der Waals surface area contributed by atoms with E-state index in [9.17, 15) is 14.4 Å². The van der Waals surface area contributed by atoms with Crippen molar-refractivity contribution in [2.75, 3.05) is 13.7 Å². The molecular formula is C15H16ClNO6. The van der Waals surface area contributed by atoms with Crippen molar-refractivity contribution in [2.45, 2.75) is 25.2 Å². The Morgan fingerprint density at radius 3 is 2.57 bits per heavy atom. The Hall–Kier alpha value is -2.28. The van der Waals surface area contributed by atoms with Crippen LogP contribution in [-0.2, 0) is 25.6 Å². The number of ether oxygens (including phenoxy) is 3. The maximum absolute atomic E-state index is 12.2. The van der Waals surface area contributed by atoms with Crippen molar-refractivity contribution in [3.8, 4) is 0 Å². The van der Waals surface area contributed by atoms with Gasteiger partial charge in [0.1, 0.15) is 18.8 Å². The summed E-state index contributed by atoms with van der Waals surface area (Å²) in [5.74, 6) is -0.602. The van der Waals surface area contributed by atoms with Crippen LogP contribution in [0.4, 0.5) is 9.59 Å². The molecule has 0 bridgehead atoms. The molecule has 2 atom stereocenters. The summed E-state index contributed by atoms with van der Waals surface area (Å²) in [6, 6.07) is 8.26. The minimum atomic E-state index is -0.988. The lowest BCUT2D eigenvalue weighted by molar-refractivity contribution is -0.145. The lowest BCUT2D eigenvalue weighted by Crippen LogP contribution is -2.41. The zero-order chi connectivity index (χ0) is 16.8. The molecular weight excluding hydrogens is 326 g/mol. The van der Waals surface area contributed by atoms with Crippen LogP contribution in [0.1, 0.15) is 12.0 Å². The number of hydrogen-bond donors (Lipinski definition) is 0. The molecule has 1 heterocycles. The van der Waals surface area contributed by atoms with Crippen LogP contribution in [0.3, 0.4) is 0 Å². The normalized spacial score (nSPS) is 20.0. The van der Waals surface area contributed by atoms with E-state index in [4.69, 9.17) is 21.1 Å². The second-order valence-electron chi connectivity index (χ2n) is 4.94. The van der Waals surface area contributed by atoms with Crippen molar-refractivity contribution in [1.82, 2.24) is 4.90 Å². The van der Waals surface area contributed by atoms with Crippen molar-refractivity contribution in [3.05, 3.63) is 35.9 Å². The lowest BCUT2D eigenvalue weighted by atomic mass is 10.2. The highest BCUT2D eigenvalue weighted by Gasteiger charge is 2.42. The molecule has 1 aromatic rings. The Labute approximate surface area is 138 Å². The van der Waals surface area contributed by atoms with Crippen molar-refractivity contribution >= 4 is 29.1 Å². The summed E-state index contributed by atoms with van der Waals surface area (Å²) in [5, 5.41) is 0. The van der Waals surface area contributed by atoms with Crippen LogP contribution in [0.25, 0.3) is 0 Å². The van der Waals surface area contributed by atoms with Crippen molar-refractivity contribution in [2.24, 2.45) is 0 Å². The van der Waals surface area contributed by atoms with E-state index in [-0.39, 0.29) is 19.6 Å². The molecule has 23 heavy (non-hydrogen) atoms. The SMILES string of the molecule is COC(=O)[C@@H]1C[C@@H](OC(=O)Cl)CN1C(=O)OCc1ccccc1. The molecule has 0 saturated carbocycles. The molecule has 0 aromatic heterocycles. The number of rotatable bonds is 4. The zero-order valence-electron chi connectivity index (χ0n) is 12.4. The van der Waals surface area contributed by atoms with Gasteiger partial charge in [-0.15, -0.1) is 0 Å². The summed E-state index contributed by atoms with van der Waals surface area (Å²) in [4.78, 5) is 36.0. The highest BCUT2D eigenvalue weighted by atomic mass is 35.5. The van der Waals surface area contributed by atoms with Crippen molar-refractivity contribution in [3.63, 3.8) is 0 Å². The molecule has 0 unspecified atom stereocenters. The Balaban J connectivity index is 2.00. The number of amides is 1.